The van der Waals surface area contributed by atoms with Gasteiger partial charge in [0.2, 0.25) is 0 Å². The number of aryl methyl sites for hydroxylation is 1. The van der Waals surface area contributed by atoms with Crippen molar-refractivity contribution in [1.29, 1.82) is 0 Å². The van der Waals surface area contributed by atoms with Gasteiger partial charge in [-0.15, -0.1) is 0 Å². The molecule has 36 heavy (non-hydrogen) atoms. The van der Waals surface area contributed by atoms with Gasteiger partial charge in [0.1, 0.15) is 17.9 Å². The molecular formula is C24H32N3O8P. The molecule has 0 amide bonds. The zero-order chi connectivity index (χ0) is 26.5. The molecule has 0 saturated carbocycles. The number of aromatic nitrogens is 2. The number of ether oxygens (including phenoxy) is 2. The number of esters is 1. The average Bonchev–Trinajstić information content (AvgIpc) is 3.27. The van der Waals surface area contributed by atoms with Gasteiger partial charge < -0.3 is 14.0 Å². The maximum absolute atomic E-state index is 13.6. The first-order chi connectivity index (χ1) is 16.8. The molecule has 0 fully saturated rings. The number of rotatable bonds is 10. The minimum absolute atomic E-state index is 0.189. The summed E-state index contributed by atoms with van der Waals surface area (Å²) >= 11 is 0. The van der Waals surface area contributed by atoms with Crippen LogP contribution in [0.1, 0.15) is 39.5 Å². The van der Waals surface area contributed by atoms with E-state index in [0.717, 1.165) is 0 Å². The summed E-state index contributed by atoms with van der Waals surface area (Å²) in [6, 6.07) is 7.41. The molecule has 2 N–H and O–H groups in total. The first-order valence-corrected chi connectivity index (χ1v) is 13.0. The van der Waals surface area contributed by atoms with Crippen LogP contribution in [0.4, 0.5) is 0 Å². The minimum atomic E-state index is -4.06. The molecule has 1 unspecified atom stereocenters. The van der Waals surface area contributed by atoms with E-state index < -0.39 is 43.3 Å². The first kappa shape index (κ1) is 27.6. The summed E-state index contributed by atoms with van der Waals surface area (Å²) in [6.45, 7) is 8.84. The lowest BCUT2D eigenvalue weighted by molar-refractivity contribution is -0.148. The molecule has 2 heterocycles. The van der Waals surface area contributed by atoms with Crippen LogP contribution in [0.2, 0.25) is 0 Å². The lowest BCUT2D eigenvalue weighted by atomic mass is 9.99. The second-order valence-electron chi connectivity index (χ2n) is 9.65. The Morgan fingerprint density at radius 3 is 2.58 bits per heavy atom. The van der Waals surface area contributed by atoms with Crippen LogP contribution in [0.25, 0.3) is 0 Å². The number of carbonyl (C=O) groups is 1. The first-order valence-electron chi connectivity index (χ1n) is 11.4. The van der Waals surface area contributed by atoms with Gasteiger partial charge in [-0.25, -0.2) is 9.36 Å². The van der Waals surface area contributed by atoms with Crippen LogP contribution in [-0.4, -0.2) is 40.9 Å². The molecule has 4 atom stereocenters. The summed E-state index contributed by atoms with van der Waals surface area (Å²) in [5, 5.41) is 2.63. The molecule has 2 aromatic rings. The van der Waals surface area contributed by atoms with Crippen molar-refractivity contribution in [1.82, 2.24) is 14.6 Å². The van der Waals surface area contributed by atoms with E-state index in [1.807, 2.05) is 20.8 Å². The highest BCUT2D eigenvalue weighted by molar-refractivity contribution is 7.52. The number of para-hydroxylation sites is 1. The second kappa shape index (κ2) is 11.4. The Hall–Kier alpha value is -2.98. The minimum Gasteiger partial charge on any atom is -0.464 e. The fraction of sp³-hybridized carbons (Fsp3) is 0.458. The molecule has 1 aromatic heterocycles. The number of hydrogen-bond donors (Lipinski definition) is 2. The number of carbonyl (C=O) groups excluding carboxylic acids is 1. The summed E-state index contributed by atoms with van der Waals surface area (Å²) < 4.78 is 37.2. The van der Waals surface area contributed by atoms with E-state index in [1.54, 1.807) is 49.4 Å². The summed E-state index contributed by atoms with van der Waals surface area (Å²) in [5.74, 6) is -0.324. The number of aromatic amines is 1. The van der Waals surface area contributed by atoms with Crippen molar-refractivity contribution in [2.24, 2.45) is 5.41 Å². The van der Waals surface area contributed by atoms with Crippen molar-refractivity contribution in [3.05, 3.63) is 75.1 Å². The molecule has 1 aliphatic heterocycles. The van der Waals surface area contributed by atoms with Crippen LogP contribution in [0, 0.1) is 12.3 Å². The largest absolute Gasteiger partial charge is 0.464 e. The Morgan fingerprint density at radius 1 is 1.22 bits per heavy atom. The molecule has 0 spiro atoms. The third-order valence-corrected chi connectivity index (χ3v) is 6.60. The van der Waals surface area contributed by atoms with Gasteiger partial charge in [-0.1, -0.05) is 45.0 Å². The van der Waals surface area contributed by atoms with Gasteiger partial charge >= 0.3 is 19.4 Å². The normalized spacial score (nSPS) is 20.0. The van der Waals surface area contributed by atoms with Crippen LogP contribution >= 0.6 is 7.75 Å². The number of H-pyrrole nitrogens is 1. The van der Waals surface area contributed by atoms with E-state index in [4.69, 9.17) is 18.5 Å². The van der Waals surface area contributed by atoms with E-state index in [9.17, 15) is 18.9 Å². The molecule has 3 rings (SSSR count). The molecular weight excluding hydrogens is 489 g/mol. The van der Waals surface area contributed by atoms with Crippen molar-refractivity contribution in [2.45, 2.75) is 53.0 Å². The lowest BCUT2D eigenvalue weighted by Crippen LogP contribution is -2.37. The third kappa shape index (κ3) is 7.76. The maximum Gasteiger partial charge on any atom is 0.459 e. The van der Waals surface area contributed by atoms with Gasteiger partial charge in [-0.2, -0.15) is 5.09 Å². The molecule has 1 aromatic carbocycles. The molecule has 0 saturated heterocycles. The van der Waals surface area contributed by atoms with Crippen LogP contribution < -0.4 is 20.9 Å². The van der Waals surface area contributed by atoms with E-state index in [2.05, 4.69) is 10.1 Å². The number of benzene rings is 1. The maximum atomic E-state index is 13.6. The smallest absolute Gasteiger partial charge is 0.459 e. The van der Waals surface area contributed by atoms with Crippen molar-refractivity contribution >= 4 is 13.7 Å². The van der Waals surface area contributed by atoms with Gasteiger partial charge in [0.05, 0.1) is 13.2 Å². The van der Waals surface area contributed by atoms with Gasteiger partial charge in [0.15, 0.2) is 6.23 Å². The van der Waals surface area contributed by atoms with E-state index in [0.29, 0.717) is 5.56 Å². The van der Waals surface area contributed by atoms with Crippen molar-refractivity contribution in [3.63, 3.8) is 0 Å². The number of nitrogens with zero attached hydrogens (tertiary/aromatic N) is 1. The molecule has 11 nitrogen and oxygen atoms in total. The zero-order valence-electron chi connectivity index (χ0n) is 20.9. The Balaban J connectivity index is 1.68. The SMILES string of the molecule is Cc1cn([C@H]2C=C[C@@H](COP(=O)(N[C@@H](C)C(=O)OCC(C)(C)C)Oc3ccccc3)O2)c(=O)[nH]c1=O. The van der Waals surface area contributed by atoms with Crippen molar-refractivity contribution < 1.29 is 27.9 Å². The summed E-state index contributed by atoms with van der Waals surface area (Å²) in [4.78, 5) is 38.5. The van der Waals surface area contributed by atoms with Crippen LogP contribution in [0.15, 0.2) is 58.3 Å². The number of hydrogen-bond acceptors (Lipinski definition) is 8. The highest BCUT2D eigenvalue weighted by Gasteiger charge is 2.34. The van der Waals surface area contributed by atoms with E-state index in [-0.39, 0.29) is 24.4 Å². The van der Waals surface area contributed by atoms with Crippen molar-refractivity contribution in [3.8, 4) is 5.75 Å². The monoisotopic (exact) mass is 521 g/mol. The second-order valence-corrected chi connectivity index (χ2v) is 11.3. The highest BCUT2D eigenvalue weighted by atomic mass is 31.2. The molecule has 196 valence electrons. The van der Waals surface area contributed by atoms with Gasteiger partial charge in [-0.05, 0) is 37.5 Å². The Kier molecular flexibility index (Phi) is 8.73. The van der Waals surface area contributed by atoms with Crippen LogP contribution in [-0.2, 0) is 23.4 Å². The van der Waals surface area contributed by atoms with Gasteiger partial charge in [0.25, 0.3) is 5.56 Å². The lowest BCUT2D eigenvalue weighted by Gasteiger charge is -2.25. The van der Waals surface area contributed by atoms with E-state index >= 15 is 0 Å². The quantitative estimate of drug-likeness (QED) is 0.274. The fourth-order valence-electron chi connectivity index (χ4n) is 3.10. The third-order valence-electron chi connectivity index (χ3n) is 4.95. The molecule has 0 bridgehead atoms. The van der Waals surface area contributed by atoms with Crippen molar-refractivity contribution in [2.75, 3.05) is 13.2 Å². The summed E-state index contributed by atoms with van der Waals surface area (Å²) in [5.41, 5.74) is -0.975. The van der Waals surface area contributed by atoms with E-state index in [1.165, 1.54) is 17.7 Å². The fourth-order valence-corrected chi connectivity index (χ4v) is 4.60. The Morgan fingerprint density at radius 2 is 1.92 bits per heavy atom. The molecule has 0 aliphatic carbocycles. The molecule has 0 radical (unpaired) electrons. The predicted octanol–water partition coefficient (Wildman–Crippen LogP) is 3.07. The highest BCUT2D eigenvalue weighted by Crippen LogP contribution is 2.45. The topological polar surface area (TPSA) is 138 Å². The average molecular weight is 522 g/mol. The standard InChI is InChI=1S/C24H32N3O8P/c1-16-13-27(23(30)25-21(16)28)20-12-11-19(34-20)14-33-36(31,35-18-9-7-6-8-10-18)26-17(2)22(29)32-15-24(3,4)5/h6-13,17,19-20H,14-15H2,1-5H3,(H,26,31)(H,25,28,30)/t17-,19-,20+,36?/m0/s1. The van der Waals surface area contributed by atoms with Crippen LogP contribution in [0.3, 0.4) is 0 Å². The van der Waals surface area contributed by atoms with Gasteiger partial charge in [-0.3, -0.25) is 23.7 Å². The molecule has 1 aliphatic rings. The summed E-state index contributed by atoms with van der Waals surface area (Å²) in [7, 11) is -4.06. The number of nitrogens with one attached hydrogen (secondary N) is 2. The van der Waals surface area contributed by atoms with Crippen LogP contribution in [0.5, 0.6) is 5.75 Å². The summed E-state index contributed by atoms with van der Waals surface area (Å²) in [6.07, 6.45) is 3.21. The molecule has 12 heteroatoms. The zero-order valence-corrected chi connectivity index (χ0v) is 21.8. The van der Waals surface area contributed by atoms with Gasteiger partial charge in [0, 0.05) is 11.8 Å². The Bertz CT molecular complexity index is 1250. The Labute approximate surface area is 209 Å². The predicted molar refractivity (Wildman–Crippen MR) is 133 cm³/mol.